The summed E-state index contributed by atoms with van der Waals surface area (Å²) >= 11 is 0. The lowest BCUT2D eigenvalue weighted by Gasteiger charge is -2.23. The Hall–Kier alpha value is -2.16. The molecule has 0 saturated carbocycles. The topological polar surface area (TPSA) is 26.3 Å². The molecule has 0 bridgehead atoms. The van der Waals surface area contributed by atoms with E-state index in [-0.39, 0.29) is 11.6 Å². The predicted molar refractivity (Wildman–Crippen MR) is 87.1 cm³/mol. The first-order valence-corrected chi connectivity index (χ1v) is 7.24. The van der Waals surface area contributed by atoms with Gasteiger partial charge in [-0.25, -0.2) is 4.39 Å². The molecule has 0 aliphatic rings. The Balaban J connectivity index is 2.80. The fourth-order valence-corrected chi connectivity index (χ4v) is 2.44. The summed E-state index contributed by atoms with van der Waals surface area (Å²) < 4.78 is 20.4. The maximum Gasteiger partial charge on any atom is 0.159 e. The van der Waals surface area contributed by atoms with Crippen molar-refractivity contribution in [2.75, 3.05) is 7.11 Å². The van der Waals surface area contributed by atoms with Crippen LogP contribution in [0.2, 0.25) is 0 Å². The average Bonchev–Trinajstić information content (AvgIpc) is 2.46. The number of carbonyl (C=O) groups is 1. The van der Waals surface area contributed by atoms with Crippen LogP contribution in [0.3, 0.4) is 0 Å². The number of methoxy groups -OCH3 is 1. The molecule has 0 heterocycles. The largest absolute Gasteiger partial charge is 0.496 e. The Morgan fingerprint density at radius 3 is 2.27 bits per heavy atom. The van der Waals surface area contributed by atoms with Crippen LogP contribution >= 0.6 is 0 Å². The van der Waals surface area contributed by atoms with E-state index in [9.17, 15) is 4.79 Å². The summed E-state index contributed by atoms with van der Waals surface area (Å²) in [5, 5.41) is 0. The van der Waals surface area contributed by atoms with Gasteiger partial charge < -0.3 is 4.74 Å². The third-order valence-electron chi connectivity index (χ3n) is 3.68. The molecule has 0 fully saturated rings. The van der Waals surface area contributed by atoms with E-state index in [0.717, 1.165) is 0 Å². The van der Waals surface area contributed by atoms with Crippen LogP contribution in [0, 0.1) is 5.82 Å². The second-order valence-electron chi connectivity index (χ2n) is 6.39. The second-order valence-corrected chi connectivity index (χ2v) is 6.39. The Morgan fingerprint density at radius 2 is 1.73 bits per heavy atom. The normalized spacial score (nSPS) is 11.4. The Bertz CT molecular complexity index is 712. The number of rotatable bonds is 3. The minimum atomic E-state index is -0.397. The van der Waals surface area contributed by atoms with Crippen molar-refractivity contribution in [3.05, 3.63) is 53.3 Å². The first kappa shape index (κ1) is 16.2. The maximum absolute atomic E-state index is 15.0. The van der Waals surface area contributed by atoms with Gasteiger partial charge in [-0.1, -0.05) is 39.0 Å². The number of benzene rings is 2. The quantitative estimate of drug-likeness (QED) is 0.745. The molecule has 0 aromatic heterocycles. The highest BCUT2D eigenvalue weighted by molar-refractivity contribution is 5.96. The van der Waals surface area contributed by atoms with Gasteiger partial charge in [0.25, 0.3) is 0 Å². The van der Waals surface area contributed by atoms with E-state index in [4.69, 9.17) is 4.74 Å². The lowest BCUT2D eigenvalue weighted by Crippen LogP contribution is -2.15. The number of carbonyl (C=O) groups excluding carboxylic acids is 1. The van der Waals surface area contributed by atoms with Gasteiger partial charge in [-0.2, -0.15) is 0 Å². The number of hydrogen-bond acceptors (Lipinski definition) is 2. The predicted octanol–water partition coefficient (Wildman–Crippen LogP) is 5.00. The molecule has 2 aromatic carbocycles. The van der Waals surface area contributed by atoms with E-state index in [0.29, 0.717) is 28.0 Å². The average molecular weight is 300 g/mol. The highest BCUT2D eigenvalue weighted by Crippen LogP contribution is 2.37. The Labute approximate surface area is 130 Å². The number of para-hydroxylation sites is 1. The standard InChI is InChI=1S/C19H21FO2/c1-12(21)13-10-15(14-8-6-7-9-17(14)22-5)18(20)16(11-13)19(2,3)4/h6-11H,1-5H3. The molecule has 2 nitrogen and oxygen atoms in total. The van der Waals surface area contributed by atoms with Gasteiger partial charge in [-0.15, -0.1) is 0 Å². The van der Waals surface area contributed by atoms with Gasteiger partial charge in [-0.05, 0) is 36.1 Å². The highest BCUT2D eigenvalue weighted by atomic mass is 19.1. The summed E-state index contributed by atoms with van der Waals surface area (Å²) in [6.07, 6.45) is 0. The summed E-state index contributed by atoms with van der Waals surface area (Å²) in [4.78, 5) is 11.8. The summed E-state index contributed by atoms with van der Waals surface area (Å²) in [5.41, 5.74) is 1.69. The molecule has 0 unspecified atom stereocenters. The van der Waals surface area contributed by atoms with Gasteiger partial charge in [0.1, 0.15) is 11.6 Å². The van der Waals surface area contributed by atoms with Crippen LogP contribution in [-0.2, 0) is 5.41 Å². The fourth-order valence-electron chi connectivity index (χ4n) is 2.44. The van der Waals surface area contributed by atoms with Gasteiger partial charge >= 0.3 is 0 Å². The first-order valence-electron chi connectivity index (χ1n) is 7.24. The molecule has 0 N–H and O–H groups in total. The minimum absolute atomic E-state index is 0.0818. The molecule has 0 atom stereocenters. The van der Waals surface area contributed by atoms with E-state index in [1.165, 1.54) is 6.92 Å². The highest BCUT2D eigenvalue weighted by Gasteiger charge is 2.24. The van der Waals surface area contributed by atoms with E-state index in [1.54, 1.807) is 31.4 Å². The summed E-state index contributed by atoms with van der Waals surface area (Å²) in [7, 11) is 1.55. The zero-order chi connectivity index (χ0) is 16.5. The molecule has 0 spiro atoms. The zero-order valence-corrected chi connectivity index (χ0v) is 13.7. The van der Waals surface area contributed by atoms with Crippen LogP contribution in [0.4, 0.5) is 4.39 Å². The van der Waals surface area contributed by atoms with Crippen molar-refractivity contribution in [3.63, 3.8) is 0 Å². The maximum atomic E-state index is 15.0. The van der Waals surface area contributed by atoms with Gasteiger partial charge in [0.2, 0.25) is 0 Å². The second kappa shape index (κ2) is 5.91. The molecule has 0 aliphatic heterocycles. The van der Waals surface area contributed by atoms with Crippen LogP contribution in [-0.4, -0.2) is 12.9 Å². The van der Waals surface area contributed by atoms with Gasteiger partial charge in [0, 0.05) is 16.7 Å². The van der Waals surface area contributed by atoms with Crippen LogP contribution < -0.4 is 4.74 Å². The van der Waals surface area contributed by atoms with Crippen molar-refractivity contribution in [2.24, 2.45) is 0 Å². The summed E-state index contributed by atoms with van der Waals surface area (Å²) in [6.45, 7) is 7.29. The molecular weight excluding hydrogens is 279 g/mol. The molecule has 22 heavy (non-hydrogen) atoms. The molecule has 2 rings (SSSR count). The third kappa shape index (κ3) is 3.03. The number of hydrogen-bond donors (Lipinski definition) is 0. The summed E-state index contributed by atoms with van der Waals surface area (Å²) in [6, 6.07) is 10.5. The monoisotopic (exact) mass is 300 g/mol. The van der Waals surface area contributed by atoms with Crippen molar-refractivity contribution in [1.82, 2.24) is 0 Å². The van der Waals surface area contributed by atoms with Crippen molar-refractivity contribution in [1.29, 1.82) is 0 Å². The first-order chi connectivity index (χ1) is 10.3. The molecule has 2 aromatic rings. The molecule has 0 saturated heterocycles. The minimum Gasteiger partial charge on any atom is -0.496 e. The lowest BCUT2D eigenvalue weighted by molar-refractivity contribution is 0.101. The number of ether oxygens (including phenoxy) is 1. The zero-order valence-electron chi connectivity index (χ0n) is 13.7. The lowest BCUT2D eigenvalue weighted by atomic mass is 9.83. The van der Waals surface area contributed by atoms with Crippen molar-refractivity contribution in [3.8, 4) is 16.9 Å². The molecule has 0 aliphatic carbocycles. The molecule has 116 valence electrons. The fraction of sp³-hybridized carbons (Fsp3) is 0.316. The van der Waals surface area contributed by atoms with Crippen LogP contribution in [0.1, 0.15) is 43.6 Å². The SMILES string of the molecule is COc1ccccc1-c1cc(C(C)=O)cc(C(C)(C)C)c1F. The van der Waals surface area contributed by atoms with E-state index in [1.807, 2.05) is 32.9 Å². The number of halogens is 1. The van der Waals surface area contributed by atoms with Crippen molar-refractivity contribution < 1.29 is 13.9 Å². The number of ketones is 1. The Kier molecular flexibility index (Phi) is 4.36. The molecule has 0 radical (unpaired) electrons. The number of Topliss-reactive ketones (excluding diaryl/α,β-unsaturated/α-hetero) is 1. The molecule has 0 amide bonds. The van der Waals surface area contributed by atoms with Gasteiger partial charge in [0.15, 0.2) is 5.78 Å². The van der Waals surface area contributed by atoms with Crippen molar-refractivity contribution in [2.45, 2.75) is 33.1 Å². The van der Waals surface area contributed by atoms with E-state index in [2.05, 4.69) is 0 Å². The summed E-state index contributed by atoms with van der Waals surface area (Å²) in [5.74, 6) is 0.200. The Morgan fingerprint density at radius 1 is 1.09 bits per heavy atom. The van der Waals surface area contributed by atoms with E-state index < -0.39 is 5.41 Å². The van der Waals surface area contributed by atoms with Crippen LogP contribution in [0.5, 0.6) is 5.75 Å². The van der Waals surface area contributed by atoms with E-state index >= 15 is 4.39 Å². The smallest absolute Gasteiger partial charge is 0.159 e. The molecular formula is C19H21FO2. The third-order valence-corrected chi connectivity index (χ3v) is 3.68. The van der Waals surface area contributed by atoms with Gasteiger partial charge in [0.05, 0.1) is 7.11 Å². The molecule has 3 heteroatoms. The van der Waals surface area contributed by atoms with Gasteiger partial charge in [-0.3, -0.25) is 4.79 Å². The van der Waals surface area contributed by atoms with Crippen molar-refractivity contribution >= 4 is 5.78 Å². The van der Waals surface area contributed by atoms with Crippen LogP contribution in [0.25, 0.3) is 11.1 Å². The van der Waals surface area contributed by atoms with Crippen LogP contribution in [0.15, 0.2) is 36.4 Å².